The summed E-state index contributed by atoms with van der Waals surface area (Å²) in [6.07, 6.45) is 0.288. The van der Waals surface area contributed by atoms with Crippen molar-refractivity contribution in [2.24, 2.45) is 0 Å². The van der Waals surface area contributed by atoms with Crippen molar-refractivity contribution >= 4 is 29.0 Å². The highest BCUT2D eigenvalue weighted by molar-refractivity contribution is 7.17. The summed E-state index contributed by atoms with van der Waals surface area (Å²) in [5.74, 6) is 0.0262. The number of alkyl carbamates (subject to hydrolysis) is 1. The van der Waals surface area contributed by atoms with Crippen LogP contribution >= 0.6 is 11.3 Å². The van der Waals surface area contributed by atoms with E-state index in [0.29, 0.717) is 13.1 Å². The van der Waals surface area contributed by atoms with Gasteiger partial charge in [-0.2, -0.15) is 0 Å². The van der Waals surface area contributed by atoms with Crippen molar-refractivity contribution in [2.75, 3.05) is 25.0 Å². The van der Waals surface area contributed by atoms with Crippen molar-refractivity contribution < 1.29 is 14.3 Å². The van der Waals surface area contributed by atoms with Crippen LogP contribution in [-0.2, 0) is 11.3 Å². The van der Waals surface area contributed by atoms with Gasteiger partial charge in [-0.1, -0.05) is 42.5 Å². The van der Waals surface area contributed by atoms with Gasteiger partial charge in [-0.3, -0.25) is 4.79 Å². The molecule has 1 atom stereocenters. The Morgan fingerprint density at radius 1 is 1.11 bits per heavy atom. The van der Waals surface area contributed by atoms with Crippen LogP contribution in [0.15, 0.2) is 60.7 Å². The molecule has 7 heteroatoms. The number of amides is 2. The minimum atomic E-state index is -0.543. The fourth-order valence-corrected chi connectivity index (χ4v) is 5.48. The number of thiophene rings is 1. The molecule has 4 rings (SSSR count). The van der Waals surface area contributed by atoms with Gasteiger partial charge in [0, 0.05) is 37.2 Å². The quantitative estimate of drug-likeness (QED) is 0.440. The number of para-hydroxylation sites is 1. The number of hydrogen-bond acceptors (Lipinski definition) is 5. The van der Waals surface area contributed by atoms with Crippen LogP contribution in [0.1, 0.15) is 48.0 Å². The fraction of sp³-hybridized carbons (Fsp3) is 0.379. The molecule has 1 aliphatic heterocycles. The molecule has 3 aromatic rings. The van der Waals surface area contributed by atoms with Gasteiger partial charge in [-0.25, -0.2) is 4.79 Å². The Bertz CT molecular complexity index is 1200. The van der Waals surface area contributed by atoms with Crippen molar-refractivity contribution in [3.05, 3.63) is 76.7 Å². The standard InChI is InChI=1S/C29H35N3O3S/c1-20-17-25(22-13-11-21(12-14-22)18-31(5)24-9-7-6-8-10-24)36-26(20)27(33)32-16-15-23(19-32)30-28(34)35-29(2,3)4/h6-14,17,23H,15-16,18-19H2,1-5H3,(H,30,34)/t23-/m0/s1. The molecule has 0 radical (unpaired) electrons. The number of carbonyl (C=O) groups excluding carboxylic acids is 2. The van der Waals surface area contributed by atoms with E-state index in [1.54, 1.807) is 0 Å². The lowest BCUT2D eigenvalue weighted by molar-refractivity contribution is 0.0502. The summed E-state index contributed by atoms with van der Waals surface area (Å²) < 4.78 is 5.35. The molecule has 1 aliphatic rings. The average molecular weight is 506 g/mol. The number of nitrogens with one attached hydrogen (secondary N) is 1. The lowest BCUT2D eigenvalue weighted by Gasteiger charge is -2.22. The molecule has 0 unspecified atom stereocenters. The Kier molecular flexibility index (Phi) is 7.69. The van der Waals surface area contributed by atoms with E-state index >= 15 is 0 Å². The van der Waals surface area contributed by atoms with Gasteiger partial charge in [0.1, 0.15) is 5.60 Å². The first-order chi connectivity index (χ1) is 17.1. The zero-order chi connectivity index (χ0) is 25.9. The predicted octanol–water partition coefficient (Wildman–Crippen LogP) is 6.10. The number of carbonyl (C=O) groups is 2. The van der Waals surface area contributed by atoms with Crippen LogP contribution in [0.4, 0.5) is 10.5 Å². The molecule has 0 saturated carbocycles. The zero-order valence-corrected chi connectivity index (χ0v) is 22.5. The minimum absolute atomic E-state index is 0.0262. The normalized spacial score (nSPS) is 15.6. The summed E-state index contributed by atoms with van der Waals surface area (Å²) in [5.41, 5.74) is 3.97. The second-order valence-corrected chi connectivity index (χ2v) is 11.4. The number of hydrogen-bond donors (Lipinski definition) is 1. The lowest BCUT2D eigenvalue weighted by atomic mass is 10.1. The fourth-order valence-electron chi connectivity index (χ4n) is 4.34. The molecule has 2 heterocycles. The molecular formula is C29H35N3O3S. The second kappa shape index (κ2) is 10.7. The van der Waals surface area contributed by atoms with Gasteiger partial charge in [0.05, 0.1) is 10.9 Å². The Hall–Kier alpha value is -3.32. The number of ether oxygens (including phenoxy) is 1. The van der Waals surface area contributed by atoms with E-state index in [-0.39, 0.29) is 11.9 Å². The number of aryl methyl sites for hydroxylation is 1. The molecule has 1 N–H and O–H groups in total. The molecule has 2 amide bonds. The van der Waals surface area contributed by atoms with Gasteiger partial charge in [0.15, 0.2) is 0 Å². The topological polar surface area (TPSA) is 61.9 Å². The van der Waals surface area contributed by atoms with Gasteiger partial charge >= 0.3 is 6.09 Å². The van der Waals surface area contributed by atoms with Crippen LogP contribution in [0.25, 0.3) is 10.4 Å². The van der Waals surface area contributed by atoms with E-state index < -0.39 is 11.7 Å². The molecule has 0 aliphatic carbocycles. The van der Waals surface area contributed by atoms with Crippen molar-refractivity contribution in [1.29, 1.82) is 0 Å². The highest BCUT2D eigenvalue weighted by Crippen LogP contribution is 2.33. The molecular weight excluding hydrogens is 470 g/mol. The SMILES string of the molecule is Cc1cc(-c2ccc(CN(C)c3ccccc3)cc2)sc1C(=O)N1CC[C@H](NC(=O)OC(C)(C)C)C1. The second-order valence-electron chi connectivity index (χ2n) is 10.4. The van der Waals surface area contributed by atoms with Gasteiger partial charge in [0.25, 0.3) is 5.91 Å². The third-order valence-electron chi connectivity index (χ3n) is 6.16. The molecule has 0 spiro atoms. The molecule has 2 aromatic carbocycles. The monoisotopic (exact) mass is 505 g/mol. The van der Waals surface area contributed by atoms with Crippen LogP contribution in [-0.4, -0.2) is 48.7 Å². The maximum absolute atomic E-state index is 13.3. The number of benzene rings is 2. The van der Waals surface area contributed by atoms with Crippen LogP contribution < -0.4 is 10.2 Å². The summed E-state index contributed by atoms with van der Waals surface area (Å²) in [6.45, 7) is 9.44. The first-order valence-corrected chi connectivity index (χ1v) is 13.2. The summed E-state index contributed by atoms with van der Waals surface area (Å²) >= 11 is 1.53. The van der Waals surface area contributed by atoms with Crippen molar-refractivity contribution in [2.45, 2.75) is 52.3 Å². The molecule has 190 valence electrons. The van der Waals surface area contributed by atoms with E-state index in [4.69, 9.17) is 4.74 Å². The summed E-state index contributed by atoms with van der Waals surface area (Å²) in [4.78, 5) is 31.3. The van der Waals surface area contributed by atoms with Crippen LogP contribution in [0, 0.1) is 6.92 Å². The Balaban J connectivity index is 1.37. The molecule has 36 heavy (non-hydrogen) atoms. The maximum Gasteiger partial charge on any atom is 0.407 e. The third-order valence-corrected chi connectivity index (χ3v) is 7.44. The van der Waals surface area contributed by atoms with Crippen LogP contribution in [0.5, 0.6) is 0 Å². The summed E-state index contributed by atoms with van der Waals surface area (Å²) in [5, 5.41) is 2.89. The van der Waals surface area contributed by atoms with E-state index in [0.717, 1.165) is 33.8 Å². The summed E-state index contributed by atoms with van der Waals surface area (Å²) in [6, 6.07) is 20.9. The van der Waals surface area contributed by atoms with E-state index in [2.05, 4.69) is 59.7 Å². The Morgan fingerprint density at radius 2 is 1.81 bits per heavy atom. The lowest BCUT2D eigenvalue weighted by Crippen LogP contribution is -2.41. The molecule has 1 fully saturated rings. The maximum atomic E-state index is 13.3. The zero-order valence-electron chi connectivity index (χ0n) is 21.7. The van der Waals surface area contributed by atoms with Crippen molar-refractivity contribution in [1.82, 2.24) is 10.2 Å². The Labute approximate surface area is 217 Å². The predicted molar refractivity (Wildman–Crippen MR) is 147 cm³/mol. The number of rotatable bonds is 6. The third kappa shape index (κ3) is 6.46. The largest absolute Gasteiger partial charge is 0.444 e. The van der Waals surface area contributed by atoms with E-state index in [1.165, 1.54) is 22.6 Å². The van der Waals surface area contributed by atoms with Gasteiger partial charge < -0.3 is 19.9 Å². The van der Waals surface area contributed by atoms with Gasteiger partial charge in [-0.05, 0) is 69.0 Å². The van der Waals surface area contributed by atoms with Crippen LogP contribution in [0.2, 0.25) is 0 Å². The van der Waals surface area contributed by atoms with Crippen LogP contribution in [0.3, 0.4) is 0 Å². The van der Waals surface area contributed by atoms with Gasteiger partial charge in [0.2, 0.25) is 0 Å². The number of nitrogens with zero attached hydrogens (tertiary/aromatic N) is 2. The highest BCUT2D eigenvalue weighted by atomic mass is 32.1. The first-order valence-electron chi connectivity index (χ1n) is 12.3. The molecule has 1 saturated heterocycles. The van der Waals surface area contributed by atoms with E-state index in [9.17, 15) is 9.59 Å². The smallest absolute Gasteiger partial charge is 0.407 e. The Morgan fingerprint density at radius 3 is 2.47 bits per heavy atom. The number of likely N-dealkylation sites (tertiary alicyclic amines) is 1. The molecule has 6 nitrogen and oxygen atoms in total. The van der Waals surface area contributed by atoms with Gasteiger partial charge in [-0.15, -0.1) is 11.3 Å². The molecule has 1 aromatic heterocycles. The summed E-state index contributed by atoms with van der Waals surface area (Å²) in [7, 11) is 2.09. The van der Waals surface area contributed by atoms with E-state index in [1.807, 2.05) is 50.8 Å². The molecule has 0 bridgehead atoms. The first kappa shape index (κ1) is 25.8. The average Bonchev–Trinajstić information content (AvgIpc) is 3.45. The van der Waals surface area contributed by atoms with Crippen molar-refractivity contribution in [3.8, 4) is 10.4 Å². The number of anilines is 1. The van der Waals surface area contributed by atoms with Crippen molar-refractivity contribution in [3.63, 3.8) is 0 Å². The highest BCUT2D eigenvalue weighted by Gasteiger charge is 2.30. The minimum Gasteiger partial charge on any atom is -0.444 e.